The van der Waals surface area contributed by atoms with Gasteiger partial charge in [-0.25, -0.2) is 0 Å². The molecule has 0 aliphatic carbocycles. The van der Waals surface area contributed by atoms with Gasteiger partial charge in [0.25, 0.3) is 0 Å². The molecule has 0 aromatic heterocycles. The number of carbonyl (C=O) groups excluding carboxylic acids is 1. The maximum atomic E-state index is 11.1. The molecule has 1 aromatic carbocycles. The molecule has 1 fully saturated rings. The fourth-order valence-electron chi connectivity index (χ4n) is 2.88. The van der Waals surface area contributed by atoms with Crippen molar-refractivity contribution in [3.8, 4) is 0 Å². The van der Waals surface area contributed by atoms with Crippen LogP contribution in [-0.4, -0.2) is 19.0 Å². The lowest BCUT2D eigenvalue weighted by molar-refractivity contribution is -0.118. The largest absolute Gasteiger partial charge is 0.370 e. The van der Waals surface area contributed by atoms with Crippen molar-refractivity contribution < 1.29 is 4.79 Å². The fraction of sp³-hybridized carbons (Fsp3) is 0.533. The molecule has 0 unspecified atom stereocenters. The molecule has 3 heteroatoms. The summed E-state index contributed by atoms with van der Waals surface area (Å²) in [7, 11) is 0. The Morgan fingerprint density at radius 2 is 2.06 bits per heavy atom. The second-order valence-corrected chi connectivity index (χ2v) is 5.22. The number of rotatable bonds is 4. The highest BCUT2D eigenvalue weighted by molar-refractivity contribution is 5.74. The molecule has 98 valence electrons. The summed E-state index contributed by atoms with van der Waals surface area (Å²) in [6.07, 6.45) is 2.79. The zero-order chi connectivity index (χ0) is 13.0. The third-order valence-electron chi connectivity index (χ3n) is 3.81. The summed E-state index contributed by atoms with van der Waals surface area (Å²) in [6.45, 7) is 4.26. The molecule has 1 aliphatic rings. The minimum absolute atomic E-state index is 0.216. The number of amides is 1. The first-order valence-corrected chi connectivity index (χ1v) is 6.76. The molecule has 0 radical (unpaired) electrons. The van der Waals surface area contributed by atoms with E-state index in [2.05, 4.69) is 36.5 Å². The van der Waals surface area contributed by atoms with E-state index in [1.54, 1.807) is 0 Å². The van der Waals surface area contributed by atoms with Crippen LogP contribution in [0, 0.1) is 0 Å². The Balaban J connectivity index is 2.21. The smallest absolute Gasteiger partial charge is 0.218 e. The second kappa shape index (κ2) is 6.01. The van der Waals surface area contributed by atoms with Gasteiger partial charge in [-0.05, 0) is 48.9 Å². The average molecular weight is 246 g/mol. The quantitative estimate of drug-likeness (QED) is 0.855. The minimum Gasteiger partial charge on any atom is -0.370 e. The number of hydrogen-bond donors (Lipinski definition) is 2. The van der Waals surface area contributed by atoms with Gasteiger partial charge >= 0.3 is 0 Å². The van der Waals surface area contributed by atoms with Crippen molar-refractivity contribution in [3.63, 3.8) is 0 Å². The molecule has 1 atom stereocenters. The molecule has 1 aliphatic heterocycles. The molecule has 1 amide bonds. The zero-order valence-corrected chi connectivity index (χ0v) is 11.0. The van der Waals surface area contributed by atoms with E-state index in [-0.39, 0.29) is 11.8 Å². The number of piperidine rings is 1. The van der Waals surface area contributed by atoms with Gasteiger partial charge in [0.1, 0.15) is 0 Å². The lowest BCUT2D eigenvalue weighted by Gasteiger charge is -2.26. The number of primary amides is 1. The Morgan fingerprint density at radius 3 is 2.72 bits per heavy atom. The van der Waals surface area contributed by atoms with Crippen molar-refractivity contribution in [1.82, 2.24) is 5.32 Å². The SMILES string of the molecule is C[C@@H](CC(N)=O)c1ccccc1C1CCNCC1. The van der Waals surface area contributed by atoms with Crippen molar-refractivity contribution in [2.75, 3.05) is 13.1 Å². The van der Waals surface area contributed by atoms with Crippen LogP contribution in [0.1, 0.15) is 49.1 Å². The first kappa shape index (κ1) is 13.1. The third kappa shape index (κ3) is 3.10. The molecular weight excluding hydrogens is 224 g/mol. The number of hydrogen-bond acceptors (Lipinski definition) is 2. The van der Waals surface area contributed by atoms with Crippen LogP contribution in [0.3, 0.4) is 0 Å². The van der Waals surface area contributed by atoms with Crippen LogP contribution >= 0.6 is 0 Å². The van der Waals surface area contributed by atoms with E-state index in [4.69, 9.17) is 5.73 Å². The van der Waals surface area contributed by atoms with Crippen molar-refractivity contribution in [3.05, 3.63) is 35.4 Å². The van der Waals surface area contributed by atoms with Crippen LogP contribution in [0.25, 0.3) is 0 Å². The number of nitrogens with two attached hydrogens (primary N) is 1. The topological polar surface area (TPSA) is 55.1 Å². The number of benzene rings is 1. The summed E-state index contributed by atoms with van der Waals surface area (Å²) in [6, 6.07) is 8.50. The Morgan fingerprint density at radius 1 is 1.39 bits per heavy atom. The second-order valence-electron chi connectivity index (χ2n) is 5.22. The van der Waals surface area contributed by atoms with Gasteiger partial charge in [0.2, 0.25) is 5.91 Å². The first-order valence-electron chi connectivity index (χ1n) is 6.76. The van der Waals surface area contributed by atoms with Crippen molar-refractivity contribution in [2.24, 2.45) is 5.73 Å². The van der Waals surface area contributed by atoms with Gasteiger partial charge in [0.05, 0.1) is 0 Å². The molecule has 1 heterocycles. The minimum atomic E-state index is -0.220. The summed E-state index contributed by atoms with van der Waals surface area (Å²) < 4.78 is 0. The normalized spacial score (nSPS) is 18.5. The summed E-state index contributed by atoms with van der Waals surface area (Å²) in [5.74, 6) is 0.619. The molecule has 3 nitrogen and oxygen atoms in total. The lowest BCUT2D eigenvalue weighted by Crippen LogP contribution is -2.27. The van der Waals surface area contributed by atoms with Gasteiger partial charge in [0, 0.05) is 6.42 Å². The zero-order valence-electron chi connectivity index (χ0n) is 11.0. The molecule has 0 spiro atoms. The van der Waals surface area contributed by atoms with Gasteiger partial charge in [-0.3, -0.25) is 4.79 Å². The Bertz CT molecular complexity index is 411. The van der Waals surface area contributed by atoms with Gasteiger partial charge in [-0.15, -0.1) is 0 Å². The van der Waals surface area contributed by atoms with Crippen LogP contribution in [-0.2, 0) is 4.79 Å². The number of nitrogens with one attached hydrogen (secondary N) is 1. The highest BCUT2D eigenvalue weighted by Crippen LogP contribution is 2.32. The standard InChI is InChI=1S/C15H22N2O/c1-11(10-15(16)18)13-4-2-3-5-14(13)12-6-8-17-9-7-12/h2-5,11-12,17H,6-10H2,1H3,(H2,16,18)/t11-/m0/s1. The van der Waals surface area contributed by atoms with Crippen molar-refractivity contribution in [1.29, 1.82) is 0 Å². The van der Waals surface area contributed by atoms with E-state index in [1.807, 2.05) is 0 Å². The highest BCUT2D eigenvalue weighted by atomic mass is 16.1. The van der Waals surface area contributed by atoms with E-state index in [9.17, 15) is 4.79 Å². The fourth-order valence-corrected chi connectivity index (χ4v) is 2.88. The maximum absolute atomic E-state index is 11.1. The van der Waals surface area contributed by atoms with E-state index in [0.29, 0.717) is 12.3 Å². The predicted molar refractivity (Wildman–Crippen MR) is 73.5 cm³/mol. The van der Waals surface area contributed by atoms with Crippen LogP contribution in [0.2, 0.25) is 0 Å². The molecule has 1 saturated heterocycles. The molecule has 0 saturated carbocycles. The van der Waals surface area contributed by atoms with E-state index >= 15 is 0 Å². The van der Waals surface area contributed by atoms with Crippen LogP contribution in [0.15, 0.2) is 24.3 Å². The molecule has 2 rings (SSSR count). The van der Waals surface area contributed by atoms with E-state index in [1.165, 1.54) is 24.0 Å². The predicted octanol–water partition coefficient (Wildman–Crippen LogP) is 2.13. The Labute approximate surface area is 109 Å². The van der Waals surface area contributed by atoms with Gasteiger partial charge in [0.15, 0.2) is 0 Å². The van der Waals surface area contributed by atoms with E-state index < -0.39 is 0 Å². The van der Waals surface area contributed by atoms with Crippen molar-refractivity contribution in [2.45, 2.75) is 38.0 Å². The molecule has 18 heavy (non-hydrogen) atoms. The average Bonchev–Trinajstić information content (AvgIpc) is 2.39. The lowest BCUT2D eigenvalue weighted by atomic mass is 9.82. The highest BCUT2D eigenvalue weighted by Gasteiger charge is 2.20. The maximum Gasteiger partial charge on any atom is 0.218 e. The van der Waals surface area contributed by atoms with Crippen LogP contribution in [0.4, 0.5) is 0 Å². The Hall–Kier alpha value is -1.35. The van der Waals surface area contributed by atoms with Crippen molar-refractivity contribution >= 4 is 5.91 Å². The first-order chi connectivity index (χ1) is 8.68. The van der Waals surface area contributed by atoms with Gasteiger partial charge in [-0.1, -0.05) is 31.2 Å². The summed E-state index contributed by atoms with van der Waals surface area (Å²) in [5.41, 5.74) is 8.01. The molecule has 0 bridgehead atoms. The van der Waals surface area contributed by atoms with Crippen LogP contribution in [0.5, 0.6) is 0 Å². The number of carbonyl (C=O) groups is 1. The summed E-state index contributed by atoms with van der Waals surface area (Å²) >= 11 is 0. The Kier molecular flexibility index (Phi) is 4.37. The third-order valence-corrected chi connectivity index (χ3v) is 3.81. The van der Waals surface area contributed by atoms with Gasteiger partial charge in [-0.2, -0.15) is 0 Å². The summed E-state index contributed by atoms with van der Waals surface area (Å²) in [4.78, 5) is 11.1. The molecule has 3 N–H and O–H groups in total. The monoisotopic (exact) mass is 246 g/mol. The summed E-state index contributed by atoms with van der Waals surface area (Å²) in [5, 5.41) is 3.39. The van der Waals surface area contributed by atoms with E-state index in [0.717, 1.165) is 13.1 Å². The van der Waals surface area contributed by atoms with Crippen LogP contribution < -0.4 is 11.1 Å². The molecule has 1 aromatic rings. The molecular formula is C15H22N2O. The van der Waals surface area contributed by atoms with Gasteiger partial charge < -0.3 is 11.1 Å².